The highest BCUT2D eigenvalue weighted by atomic mass is 19.3. The molecule has 1 aromatic heterocycles. The summed E-state index contributed by atoms with van der Waals surface area (Å²) in [5.41, 5.74) is 6.91. The number of esters is 1. The summed E-state index contributed by atoms with van der Waals surface area (Å²) in [6.07, 6.45) is -3.81. The lowest BCUT2D eigenvalue weighted by Crippen LogP contribution is -2.17. The molecule has 2 N–H and O–H groups in total. The summed E-state index contributed by atoms with van der Waals surface area (Å²) in [6.45, 7) is 12.0. The molecule has 1 unspecified atom stereocenters. The van der Waals surface area contributed by atoms with Crippen molar-refractivity contribution in [3.8, 4) is 11.3 Å². The number of aromatic nitrogens is 2. The van der Waals surface area contributed by atoms with Crippen LogP contribution in [-0.4, -0.2) is 29.3 Å². The zero-order chi connectivity index (χ0) is 19.6. The summed E-state index contributed by atoms with van der Waals surface area (Å²) in [6, 6.07) is 4.62. The number of carbonyl (C=O) groups excluding carboxylic acids is 1. The van der Waals surface area contributed by atoms with Crippen molar-refractivity contribution < 1.29 is 19.7 Å². The maximum Gasteiger partial charge on any atom is 0.337 e. The Morgan fingerprint density at radius 3 is 2.56 bits per heavy atom. The fraction of sp³-hybridized carbons (Fsp3) is 0.235. The molecule has 25 heavy (non-hydrogen) atoms. The maximum atomic E-state index is 13.3. The fourth-order valence-corrected chi connectivity index (χ4v) is 2.20. The predicted octanol–water partition coefficient (Wildman–Crippen LogP) is 3.70. The van der Waals surface area contributed by atoms with Crippen molar-refractivity contribution >= 4 is 23.0 Å². The number of hydrogen-bond acceptors (Lipinski definition) is 4. The molecule has 0 bridgehead atoms. The standard InChI is InChI=1S/C17H16F2N4O2/c1-9(17(24)25-4)11-5-7-12(8-6-11)13-14(21-3)16(20)23(22-13)10(2)15(18)19/h5-8,10,15H,1,20H2,2,4H3/i15D. The van der Waals surface area contributed by atoms with Gasteiger partial charge in [0.05, 0.1) is 19.3 Å². The first-order valence-electron chi connectivity index (χ1n) is 7.63. The van der Waals surface area contributed by atoms with Crippen molar-refractivity contribution in [3.05, 3.63) is 47.8 Å². The highest BCUT2D eigenvalue weighted by Gasteiger charge is 2.25. The normalized spacial score (nSPS) is 12.8. The van der Waals surface area contributed by atoms with Crippen LogP contribution in [0.4, 0.5) is 20.3 Å². The summed E-state index contributed by atoms with van der Waals surface area (Å²) < 4.78 is 38.8. The molecule has 0 fully saturated rings. The lowest BCUT2D eigenvalue weighted by molar-refractivity contribution is -0.133. The second kappa shape index (κ2) is 7.13. The van der Waals surface area contributed by atoms with Gasteiger partial charge >= 0.3 is 5.97 Å². The minimum Gasteiger partial charge on any atom is -0.465 e. The molecular formula is C17H16F2N4O2. The first-order chi connectivity index (χ1) is 12.1. The molecular weight excluding hydrogens is 330 g/mol. The van der Waals surface area contributed by atoms with E-state index in [9.17, 15) is 13.6 Å². The molecule has 6 nitrogen and oxygen atoms in total. The van der Waals surface area contributed by atoms with Gasteiger partial charge < -0.3 is 10.5 Å². The van der Waals surface area contributed by atoms with Crippen LogP contribution in [-0.2, 0) is 9.53 Å². The first-order valence-corrected chi connectivity index (χ1v) is 7.13. The minimum absolute atomic E-state index is 0.0827. The molecule has 0 saturated carbocycles. The lowest BCUT2D eigenvalue weighted by Gasteiger charge is -2.12. The quantitative estimate of drug-likeness (QED) is 0.508. The third-order valence-corrected chi connectivity index (χ3v) is 3.65. The van der Waals surface area contributed by atoms with Gasteiger partial charge in [-0.3, -0.25) is 4.68 Å². The van der Waals surface area contributed by atoms with E-state index in [-0.39, 0.29) is 22.8 Å². The molecule has 130 valence electrons. The summed E-state index contributed by atoms with van der Waals surface area (Å²) in [4.78, 5) is 14.8. The van der Waals surface area contributed by atoms with Gasteiger partial charge in [-0.1, -0.05) is 30.8 Å². The zero-order valence-electron chi connectivity index (χ0n) is 14.6. The Morgan fingerprint density at radius 2 is 2.08 bits per heavy atom. The van der Waals surface area contributed by atoms with Crippen molar-refractivity contribution in [1.29, 1.82) is 0 Å². The molecule has 1 atom stereocenters. The van der Waals surface area contributed by atoms with Gasteiger partial charge in [-0.15, -0.1) is 0 Å². The summed E-state index contributed by atoms with van der Waals surface area (Å²) in [5.74, 6) is -0.822. The monoisotopic (exact) mass is 347 g/mol. The number of methoxy groups -OCH3 is 1. The molecule has 1 heterocycles. The van der Waals surface area contributed by atoms with Crippen LogP contribution in [0.2, 0.25) is 0 Å². The SMILES string of the molecule is [2H]C(F)(F)C(C)n1nc(-c2ccc(C(=C)C(=O)OC)cc2)c([N+]#[C-])c1N. The number of rotatable bonds is 5. The van der Waals surface area contributed by atoms with Gasteiger partial charge in [0.2, 0.25) is 0 Å². The van der Waals surface area contributed by atoms with Gasteiger partial charge in [-0.25, -0.2) is 18.4 Å². The summed E-state index contributed by atoms with van der Waals surface area (Å²) in [7, 11) is 1.24. The third-order valence-electron chi connectivity index (χ3n) is 3.65. The second-order valence-electron chi connectivity index (χ2n) is 5.15. The second-order valence-corrected chi connectivity index (χ2v) is 5.15. The number of benzene rings is 1. The van der Waals surface area contributed by atoms with E-state index in [2.05, 4.69) is 21.3 Å². The van der Waals surface area contributed by atoms with E-state index in [0.717, 1.165) is 11.6 Å². The van der Waals surface area contributed by atoms with E-state index in [1.54, 1.807) is 24.3 Å². The van der Waals surface area contributed by atoms with Crippen molar-refractivity contribution in [2.24, 2.45) is 0 Å². The molecule has 8 heteroatoms. The Balaban J connectivity index is 2.48. The van der Waals surface area contributed by atoms with Gasteiger partial charge in [0.1, 0.15) is 18.9 Å². The molecule has 0 aliphatic rings. The van der Waals surface area contributed by atoms with E-state index in [1.807, 2.05) is 0 Å². The van der Waals surface area contributed by atoms with E-state index in [1.165, 1.54) is 7.11 Å². The third kappa shape index (κ3) is 3.35. The number of carbonyl (C=O) groups is 1. The van der Waals surface area contributed by atoms with Gasteiger partial charge in [-0.05, 0) is 18.1 Å². The smallest absolute Gasteiger partial charge is 0.337 e. The Labute approximate surface area is 144 Å². The van der Waals surface area contributed by atoms with Gasteiger partial charge in [0, 0.05) is 0 Å². The Hall–Kier alpha value is -3.21. The van der Waals surface area contributed by atoms with Crippen molar-refractivity contribution in [1.82, 2.24) is 9.78 Å². The highest BCUT2D eigenvalue weighted by molar-refractivity contribution is 6.15. The number of nitrogen functional groups attached to an aromatic ring is 1. The average molecular weight is 347 g/mol. The first kappa shape index (κ1) is 16.6. The van der Waals surface area contributed by atoms with E-state index in [0.29, 0.717) is 11.1 Å². The van der Waals surface area contributed by atoms with Gasteiger partial charge in [-0.2, -0.15) is 5.10 Å². The highest BCUT2D eigenvalue weighted by Crippen LogP contribution is 2.37. The molecule has 0 aliphatic heterocycles. The van der Waals surface area contributed by atoms with E-state index < -0.39 is 18.4 Å². The number of anilines is 1. The van der Waals surface area contributed by atoms with Crippen LogP contribution in [0.25, 0.3) is 21.7 Å². The van der Waals surface area contributed by atoms with Crippen LogP contribution in [0, 0.1) is 6.57 Å². The van der Waals surface area contributed by atoms with Crippen LogP contribution in [0.15, 0.2) is 30.8 Å². The van der Waals surface area contributed by atoms with Crippen LogP contribution < -0.4 is 5.73 Å². The number of halogens is 2. The van der Waals surface area contributed by atoms with Crippen molar-refractivity contribution in [2.45, 2.75) is 19.4 Å². The van der Waals surface area contributed by atoms with E-state index >= 15 is 0 Å². The number of nitrogens with two attached hydrogens (primary N) is 1. The lowest BCUT2D eigenvalue weighted by atomic mass is 10.0. The molecule has 0 spiro atoms. The largest absolute Gasteiger partial charge is 0.465 e. The molecule has 0 saturated heterocycles. The Kier molecular flexibility index (Phi) is 4.75. The maximum absolute atomic E-state index is 13.3. The number of hydrogen-bond donors (Lipinski definition) is 1. The average Bonchev–Trinajstić information content (AvgIpc) is 2.95. The predicted molar refractivity (Wildman–Crippen MR) is 90.1 cm³/mol. The van der Waals surface area contributed by atoms with Crippen molar-refractivity contribution in [2.75, 3.05) is 12.8 Å². The van der Waals surface area contributed by atoms with Crippen LogP contribution >= 0.6 is 0 Å². The number of alkyl halides is 2. The Morgan fingerprint density at radius 1 is 1.48 bits per heavy atom. The van der Waals surface area contributed by atoms with Crippen LogP contribution in [0.1, 0.15) is 19.9 Å². The van der Waals surface area contributed by atoms with Gasteiger partial charge in [0.25, 0.3) is 12.1 Å². The fourth-order valence-electron chi connectivity index (χ4n) is 2.20. The van der Waals surface area contributed by atoms with Crippen LogP contribution in [0.3, 0.4) is 0 Å². The molecule has 0 amide bonds. The molecule has 1 aromatic carbocycles. The molecule has 2 aromatic rings. The summed E-state index contributed by atoms with van der Waals surface area (Å²) in [5, 5.41) is 4.01. The minimum atomic E-state index is -3.81. The number of ether oxygens (including phenoxy) is 1. The molecule has 0 radical (unpaired) electrons. The Bertz CT molecular complexity index is 895. The zero-order valence-corrected chi connectivity index (χ0v) is 13.6. The molecule has 2 rings (SSSR count). The summed E-state index contributed by atoms with van der Waals surface area (Å²) >= 11 is 0. The van der Waals surface area contributed by atoms with Gasteiger partial charge in [0.15, 0.2) is 0 Å². The molecule has 0 aliphatic carbocycles. The van der Waals surface area contributed by atoms with Crippen LogP contribution in [0.5, 0.6) is 0 Å². The topological polar surface area (TPSA) is 74.5 Å². The van der Waals surface area contributed by atoms with E-state index in [4.69, 9.17) is 13.7 Å². The van der Waals surface area contributed by atoms with Crippen molar-refractivity contribution in [3.63, 3.8) is 0 Å². The number of nitrogens with zero attached hydrogens (tertiary/aromatic N) is 3.